The Labute approximate surface area is 105 Å². The lowest BCUT2D eigenvalue weighted by atomic mass is 9.92. The van der Waals surface area contributed by atoms with Crippen LogP contribution < -0.4 is 5.32 Å². The lowest BCUT2D eigenvalue weighted by Gasteiger charge is -2.28. The number of esters is 1. The van der Waals surface area contributed by atoms with Crippen molar-refractivity contribution in [2.24, 2.45) is 11.3 Å². The molecule has 0 fully saturated rings. The maximum atomic E-state index is 11.5. The Hall–Kier alpha value is -0.610. The molecule has 0 saturated heterocycles. The number of carbonyl (C=O) groups is 1. The molecule has 0 aliphatic rings. The summed E-state index contributed by atoms with van der Waals surface area (Å²) in [4.78, 5) is 11.5. The van der Waals surface area contributed by atoms with E-state index in [1.807, 2.05) is 20.8 Å². The first kappa shape index (κ1) is 16.4. The van der Waals surface area contributed by atoms with Crippen LogP contribution in [0.25, 0.3) is 0 Å². The second kappa shape index (κ2) is 7.67. The lowest BCUT2D eigenvalue weighted by molar-refractivity contribution is -0.150. The molecule has 0 aliphatic carbocycles. The molecular weight excluding hydrogens is 218 g/mol. The molecule has 1 atom stereocenters. The van der Waals surface area contributed by atoms with E-state index in [1.165, 1.54) is 7.11 Å². The summed E-state index contributed by atoms with van der Waals surface area (Å²) >= 11 is 0. The van der Waals surface area contributed by atoms with Crippen molar-refractivity contribution in [1.29, 1.82) is 0 Å². The second-order valence-corrected chi connectivity index (χ2v) is 5.27. The van der Waals surface area contributed by atoms with Gasteiger partial charge in [-0.3, -0.25) is 4.79 Å². The highest BCUT2D eigenvalue weighted by Gasteiger charge is 2.29. The van der Waals surface area contributed by atoms with Gasteiger partial charge in [0.1, 0.15) is 0 Å². The summed E-state index contributed by atoms with van der Waals surface area (Å²) in [5.74, 6) is 0.277. The van der Waals surface area contributed by atoms with Gasteiger partial charge in [0.05, 0.1) is 19.1 Å². The zero-order valence-electron chi connectivity index (χ0n) is 12.0. The minimum Gasteiger partial charge on any atom is -0.469 e. The molecule has 0 aliphatic heterocycles. The summed E-state index contributed by atoms with van der Waals surface area (Å²) in [7, 11) is 1.42. The van der Waals surface area contributed by atoms with Gasteiger partial charge in [-0.15, -0.1) is 0 Å². The number of methoxy groups -OCH3 is 1. The van der Waals surface area contributed by atoms with Gasteiger partial charge in [-0.25, -0.2) is 0 Å². The normalized spacial score (nSPS) is 13.8. The molecular formula is C13H27NO3. The topological polar surface area (TPSA) is 47.6 Å². The van der Waals surface area contributed by atoms with Gasteiger partial charge in [0.2, 0.25) is 0 Å². The van der Waals surface area contributed by atoms with Crippen molar-refractivity contribution in [2.75, 3.05) is 26.9 Å². The number of hydrogen-bond acceptors (Lipinski definition) is 4. The summed E-state index contributed by atoms with van der Waals surface area (Å²) < 4.78 is 10.2. The van der Waals surface area contributed by atoms with E-state index in [9.17, 15) is 4.79 Å². The van der Waals surface area contributed by atoms with Gasteiger partial charge in [0.15, 0.2) is 0 Å². The van der Waals surface area contributed by atoms with Gasteiger partial charge in [0.25, 0.3) is 0 Å². The second-order valence-electron chi connectivity index (χ2n) is 5.27. The Kier molecular flexibility index (Phi) is 7.39. The Balaban J connectivity index is 4.24. The predicted octanol–water partition coefficient (Wildman–Crippen LogP) is 1.84. The first-order valence-electron chi connectivity index (χ1n) is 6.24. The third kappa shape index (κ3) is 6.03. The van der Waals surface area contributed by atoms with E-state index < -0.39 is 5.41 Å². The zero-order valence-corrected chi connectivity index (χ0v) is 12.0. The number of nitrogens with one attached hydrogen (secondary N) is 1. The molecule has 0 aromatic rings. The molecule has 0 aromatic heterocycles. The van der Waals surface area contributed by atoms with Crippen LogP contribution in [0.3, 0.4) is 0 Å². The van der Waals surface area contributed by atoms with E-state index in [0.29, 0.717) is 25.7 Å². The van der Waals surface area contributed by atoms with Gasteiger partial charge in [0, 0.05) is 19.2 Å². The highest BCUT2D eigenvalue weighted by atomic mass is 16.5. The average Bonchev–Trinajstić information content (AvgIpc) is 2.27. The standard InChI is InChI=1S/C13H27NO3/c1-7-17-8-11(10(2)3)14-9-13(4,5)12(15)16-6/h10-11,14H,7-9H2,1-6H3. The van der Waals surface area contributed by atoms with Gasteiger partial charge in [-0.1, -0.05) is 13.8 Å². The molecule has 0 bridgehead atoms. The number of ether oxygens (including phenoxy) is 2. The van der Waals surface area contributed by atoms with Crippen molar-refractivity contribution < 1.29 is 14.3 Å². The summed E-state index contributed by atoms with van der Waals surface area (Å²) in [6.07, 6.45) is 0. The van der Waals surface area contributed by atoms with Crippen LogP contribution in [0.2, 0.25) is 0 Å². The molecule has 0 amide bonds. The lowest BCUT2D eigenvalue weighted by Crippen LogP contribution is -2.45. The van der Waals surface area contributed by atoms with Gasteiger partial charge < -0.3 is 14.8 Å². The summed E-state index contributed by atoms with van der Waals surface area (Å²) in [6, 6.07) is 0.263. The van der Waals surface area contributed by atoms with E-state index in [4.69, 9.17) is 9.47 Å². The van der Waals surface area contributed by atoms with Crippen molar-refractivity contribution in [3.05, 3.63) is 0 Å². The Morgan fingerprint density at radius 2 is 1.94 bits per heavy atom. The number of carbonyl (C=O) groups excluding carboxylic acids is 1. The van der Waals surface area contributed by atoms with Crippen LogP contribution >= 0.6 is 0 Å². The van der Waals surface area contributed by atoms with Crippen LogP contribution in [-0.2, 0) is 14.3 Å². The molecule has 4 nitrogen and oxygen atoms in total. The maximum Gasteiger partial charge on any atom is 0.312 e. The van der Waals surface area contributed by atoms with E-state index >= 15 is 0 Å². The fraction of sp³-hybridized carbons (Fsp3) is 0.923. The molecule has 1 N–H and O–H groups in total. The largest absolute Gasteiger partial charge is 0.469 e. The van der Waals surface area contributed by atoms with Crippen LogP contribution in [0.1, 0.15) is 34.6 Å². The van der Waals surface area contributed by atoms with E-state index in [1.54, 1.807) is 0 Å². The van der Waals surface area contributed by atoms with Gasteiger partial charge in [-0.2, -0.15) is 0 Å². The molecule has 0 heterocycles. The minimum atomic E-state index is -0.506. The van der Waals surface area contributed by atoms with Crippen molar-refractivity contribution in [2.45, 2.75) is 40.7 Å². The van der Waals surface area contributed by atoms with Crippen molar-refractivity contribution >= 4 is 5.97 Å². The van der Waals surface area contributed by atoms with Crippen LogP contribution in [0.15, 0.2) is 0 Å². The Bertz CT molecular complexity index is 227. The monoisotopic (exact) mass is 245 g/mol. The first-order valence-corrected chi connectivity index (χ1v) is 6.24. The molecule has 17 heavy (non-hydrogen) atoms. The highest BCUT2D eigenvalue weighted by Crippen LogP contribution is 2.16. The molecule has 102 valence electrons. The van der Waals surface area contributed by atoms with Crippen molar-refractivity contribution in [3.63, 3.8) is 0 Å². The SMILES string of the molecule is CCOCC(NCC(C)(C)C(=O)OC)C(C)C. The smallest absolute Gasteiger partial charge is 0.312 e. The highest BCUT2D eigenvalue weighted by molar-refractivity contribution is 5.76. The van der Waals surface area contributed by atoms with Crippen molar-refractivity contribution in [1.82, 2.24) is 5.32 Å². The zero-order chi connectivity index (χ0) is 13.5. The molecule has 0 radical (unpaired) electrons. The summed E-state index contributed by atoms with van der Waals surface area (Å²) in [5.41, 5.74) is -0.506. The minimum absolute atomic E-state index is 0.191. The first-order chi connectivity index (χ1) is 7.85. The Morgan fingerprint density at radius 1 is 1.35 bits per heavy atom. The van der Waals surface area contributed by atoms with Crippen LogP contribution in [0, 0.1) is 11.3 Å². The molecule has 0 rings (SSSR count). The number of hydrogen-bond donors (Lipinski definition) is 1. The third-order valence-electron chi connectivity index (χ3n) is 2.85. The maximum absolute atomic E-state index is 11.5. The Morgan fingerprint density at radius 3 is 2.35 bits per heavy atom. The molecule has 0 aromatic carbocycles. The van der Waals surface area contributed by atoms with Gasteiger partial charge in [-0.05, 0) is 26.7 Å². The summed E-state index contributed by atoms with van der Waals surface area (Å²) in [6.45, 7) is 12.0. The number of rotatable bonds is 8. The average molecular weight is 245 g/mol. The van der Waals surface area contributed by atoms with Crippen LogP contribution in [-0.4, -0.2) is 38.9 Å². The molecule has 0 spiro atoms. The van der Waals surface area contributed by atoms with E-state index in [2.05, 4.69) is 19.2 Å². The predicted molar refractivity (Wildman–Crippen MR) is 68.9 cm³/mol. The quantitative estimate of drug-likeness (QED) is 0.663. The fourth-order valence-electron chi connectivity index (χ4n) is 1.47. The van der Waals surface area contributed by atoms with E-state index in [-0.39, 0.29) is 12.0 Å². The molecule has 1 unspecified atom stereocenters. The molecule has 0 saturated carbocycles. The van der Waals surface area contributed by atoms with Crippen LogP contribution in [0.4, 0.5) is 0 Å². The van der Waals surface area contributed by atoms with E-state index in [0.717, 1.165) is 0 Å². The molecule has 4 heteroatoms. The summed E-state index contributed by atoms with van der Waals surface area (Å²) in [5, 5.41) is 3.38. The van der Waals surface area contributed by atoms with Crippen molar-refractivity contribution in [3.8, 4) is 0 Å². The van der Waals surface area contributed by atoms with Crippen LogP contribution in [0.5, 0.6) is 0 Å². The van der Waals surface area contributed by atoms with Gasteiger partial charge >= 0.3 is 5.97 Å². The fourth-order valence-corrected chi connectivity index (χ4v) is 1.47. The third-order valence-corrected chi connectivity index (χ3v) is 2.85.